The number of amides is 2. The summed E-state index contributed by atoms with van der Waals surface area (Å²) in [5.41, 5.74) is 5.08. The van der Waals surface area contributed by atoms with Crippen molar-refractivity contribution in [2.45, 2.75) is 91.3 Å². The maximum Gasteiger partial charge on any atom is 0.254 e. The molecule has 4 heterocycles. The van der Waals surface area contributed by atoms with Gasteiger partial charge in [0.05, 0.1) is 11.0 Å². The van der Waals surface area contributed by atoms with Crippen molar-refractivity contribution >= 4 is 23.2 Å². The first kappa shape index (κ1) is 34.8. The number of fused-ring (bicyclic) bond motifs is 2. The number of hydrogen-bond donors (Lipinski definition) is 2. The number of aromatic amines is 1. The lowest BCUT2D eigenvalue weighted by molar-refractivity contribution is -0.124. The lowest BCUT2D eigenvalue weighted by atomic mass is 9.73. The molecule has 0 aliphatic carbocycles. The molecule has 6 rings (SSSR count). The first-order valence-corrected chi connectivity index (χ1v) is 17.7. The Morgan fingerprint density at radius 1 is 1.10 bits per heavy atom. The van der Waals surface area contributed by atoms with Crippen LogP contribution in [0.15, 0.2) is 35.1 Å². The summed E-state index contributed by atoms with van der Waals surface area (Å²) >= 11 is 0. The number of nitrogens with one attached hydrogen (secondary N) is 2. The molecule has 1 aromatic heterocycles. The first-order chi connectivity index (χ1) is 23.4. The number of carbonyl (C=O) groups excluding carboxylic acids is 2. The third-order valence-electron chi connectivity index (χ3n) is 11.2. The van der Waals surface area contributed by atoms with Gasteiger partial charge in [0.15, 0.2) is 0 Å². The molecule has 2 N–H and O–H groups in total. The van der Waals surface area contributed by atoms with Gasteiger partial charge in [-0.1, -0.05) is 12.1 Å². The van der Waals surface area contributed by atoms with Crippen molar-refractivity contribution < 1.29 is 18.7 Å². The number of hydrogen-bond acceptors (Lipinski definition) is 6. The van der Waals surface area contributed by atoms with Crippen LogP contribution in [0.4, 0.5) is 15.8 Å². The molecule has 1 spiro atoms. The van der Waals surface area contributed by atoms with Crippen LogP contribution in [0.1, 0.15) is 84.8 Å². The van der Waals surface area contributed by atoms with Gasteiger partial charge in [-0.2, -0.15) is 0 Å². The van der Waals surface area contributed by atoms with Gasteiger partial charge in [0, 0.05) is 73.6 Å². The molecule has 2 saturated heterocycles. The van der Waals surface area contributed by atoms with Crippen LogP contribution in [0, 0.1) is 26.6 Å². The van der Waals surface area contributed by atoms with Crippen LogP contribution >= 0.6 is 0 Å². The van der Waals surface area contributed by atoms with E-state index >= 15 is 4.39 Å². The van der Waals surface area contributed by atoms with E-state index in [1.165, 1.54) is 0 Å². The van der Waals surface area contributed by atoms with Crippen molar-refractivity contribution in [2.24, 2.45) is 0 Å². The Morgan fingerprint density at radius 2 is 1.80 bits per heavy atom. The summed E-state index contributed by atoms with van der Waals surface area (Å²) in [6.07, 6.45) is 3.15. The number of piperidine rings is 1. The highest BCUT2D eigenvalue weighted by Crippen LogP contribution is 2.49. The summed E-state index contributed by atoms with van der Waals surface area (Å²) in [5, 5.41) is 2.85. The molecular weight excluding hydrogens is 621 g/mol. The Balaban J connectivity index is 1.43. The third kappa shape index (κ3) is 6.18. The largest absolute Gasteiger partial charge is 0.381 e. The maximum absolute atomic E-state index is 16.9. The molecule has 0 atom stereocenters. The van der Waals surface area contributed by atoms with E-state index in [0.29, 0.717) is 48.1 Å². The van der Waals surface area contributed by atoms with E-state index in [4.69, 9.17) is 4.74 Å². The minimum atomic E-state index is -0.622. The summed E-state index contributed by atoms with van der Waals surface area (Å²) in [6, 6.07) is 10.1. The Morgan fingerprint density at radius 3 is 2.43 bits per heavy atom. The Kier molecular flexibility index (Phi) is 9.74. The second kappa shape index (κ2) is 13.7. The zero-order valence-corrected chi connectivity index (χ0v) is 30.0. The van der Waals surface area contributed by atoms with Gasteiger partial charge in [-0.3, -0.25) is 14.4 Å². The quantitative estimate of drug-likeness (QED) is 0.316. The summed E-state index contributed by atoms with van der Waals surface area (Å²) < 4.78 is 22.6. The molecule has 10 heteroatoms. The molecule has 2 aromatic carbocycles. The second-order valence-corrected chi connectivity index (χ2v) is 14.3. The lowest BCUT2D eigenvalue weighted by Crippen LogP contribution is -2.49. The predicted molar refractivity (Wildman–Crippen MR) is 192 cm³/mol. The lowest BCUT2D eigenvalue weighted by Gasteiger charge is -2.40. The highest BCUT2D eigenvalue weighted by atomic mass is 19.1. The number of carbonyl (C=O) groups is 2. The molecule has 2 fully saturated rings. The van der Waals surface area contributed by atoms with Crippen molar-refractivity contribution in [3.8, 4) is 11.1 Å². The van der Waals surface area contributed by atoms with Crippen molar-refractivity contribution in [1.29, 1.82) is 0 Å². The molecule has 0 radical (unpaired) electrons. The van der Waals surface area contributed by atoms with E-state index in [-0.39, 0.29) is 29.6 Å². The monoisotopic (exact) mass is 671 g/mol. The van der Waals surface area contributed by atoms with E-state index in [2.05, 4.69) is 40.9 Å². The van der Waals surface area contributed by atoms with Gasteiger partial charge in [-0.25, -0.2) is 4.39 Å². The van der Waals surface area contributed by atoms with Crippen molar-refractivity contribution in [1.82, 2.24) is 15.2 Å². The SMILES string of the molecule is CCN(c1cc(-c2ccc3c(c2)N(C)C(=O)C32CCN(C(C)C)CC2)c(F)c(C(=O)NCc2c(C)cc(C)[nH]c2=O)c1C)C1CCOCC1. The smallest absolute Gasteiger partial charge is 0.254 e. The van der Waals surface area contributed by atoms with Gasteiger partial charge in [0.1, 0.15) is 5.82 Å². The topological polar surface area (TPSA) is 98.0 Å². The second-order valence-electron chi connectivity index (χ2n) is 14.3. The minimum absolute atomic E-state index is 0.0295. The van der Waals surface area contributed by atoms with Crippen molar-refractivity contribution in [3.63, 3.8) is 0 Å². The van der Waals surface area contributed by atoms with Crippen LogP contribution in [-0.4, -0.2) is 73.7 Å². The predicted octanol–water partition coefficient (Wildman–Crippen LogP) is 5.76. The number of benzene rings is 2. The number of nitrogens with zero attached hydrogens (tertiary/aromatic N) is 3. The number of H-pyrrole nitrogens is 1. The Labute approximate surface area is 288 Å². The molecule has 0 bridgehead atoms. The van der Waals surface area contributed by atoms with Gasteiger partial charge in [-0.05, 0) is 121 Å². The fourth-order valence-electron chi connectivity index (χ4n) is 8.33. The van der Waals surface area contributed by atoms with Crippen LogP contribution in [0.2, 0.25) is 0 Å². The number of ether oxygens (including phenoxy) is 1. The molecule has 2 amide bonds. The number of anilines is 2. The number of likely N-dealkylation sites (N-methyl/N-ethyl adjacent to an activating group) is 1. The van der Waals surface area contributed by atoms with Crippen molar-refractivity contribution in [3.05, 3.63) is 80.0 Å². The number of aryl methyl sites for hydroxylation is 2. The summed E-state index contributed by atoms with van der Waals surface area (Å²) in [5.74, 6) is -1.11. The number of rotatable bonds is 8. The van der Waals surface area contributed by atoms with Gasteiger partial charge in [-0.15, -0.1) is 0 Å². The van der Waals surface area contributed by atoms with E-state index in [1.54, 1.807) is 11.8 Å². The summed E-state index contributed by atoms with van der Waals surface area (Å²) in [4.78, 5) is 49.7. The molecule has 3 aromatic rings. The standard InChI is InChI=1S/C39H50FN5O4/c1-8-45(28-11-17-49-18-12-28)32-21-29(35(40)34(26(32)6)37(47)41-22-30-24(4)19-25(5)42-36(30)46)27-9-10-31-33(20-27)43(7)38(48)39(31)13-15-44(16-14-39)23(2)3/h9-10,19-21,23,28H,8,11-18,22H2,1-7H3,(H,41,47)(H,42,46). The number of pyridine rings is 1. The third-order valence-corrected chi connectivity index (χ3v) is 11.2. The van der Waals surface area contributed by atoms with Gasteiger partial charge in [0.2, 0.25) is 5.91 Å². The summed E-state index contributed by atoms with van der Waals surface area (Å²) in [6.45, 7) is 15.5. The Hall–Kier alpha value is -4.02. The normalized spacial score (nSPS) is 18.0. The number of halogens is 1. The van der Waals surface area contributed by atoms with E-state index in [9.17, 15) is 14.4 Å². The van der Waals surface area contributed by atoms with Crippen LogP contribution in [0.25, 0.3) is 11.1 Å². The minimum Gasteiger partial charge on any atom is -0.381 e. The van der Waals surface area contributed by atoms with E-state index in [0.717, 1.165) is 67.0 Å². The maximum atomic E-state index is 16.9. The molecule has 262 valence electrons. The van der Waals surface area contributed by atoms with E-state index < -0.39 is 17.1 Å². The molecule has 3 aliphatic rings. The molecule has 3 aliphatic heterocycles. The van der Waals surface area contributed by atoms with E-state index in [1.807, 2.05) is 51.2 Å². The molecule has 0 unspecified atom stereocenters. The molecule has 0 saturated carbocycles. The van der Waals surface area contributed by atoms with Crippen molar-refractivity contribution in [2.75, 3.05) is 49.7 Å². The zero-order chi connectivity index (χ0) is 35.2. The molecular formula is C39H50FN5O4. The summed E-state index contributed by atoms with van der Waals surface area (Å²) in [7, 11) is 1.81. The highest BCUT2D eigenvalue weighted by molar-refractivity contribution is 6.08. The highest BCUT2D eigenvalue weighted by Gasteiger charge is 2.51. The van der Waals surface area contributed by atoms with Crippen LogP contribution in [0.3, 0.4) is 0 Å². The van der Waals surface area contributed by atoms with Gasteiger partial charge >= 0.3 is 0 Å². The zero-order valence-electron chi connectivity index (χ0n) is 30.0. The fourth-order valence-corrected chi connectivity index (χ4v) is 8.33. The van der Waals surface area contributed by atoms with Crippen LogP contribution in [0.5, 0.6) is 0 Å². The number of likely N-dealkylation sites (tertiary alicyclic amines) is 1. The molecule has 9 nitrogen and oxygen atoms in total. The first-order valence-electron chi connectivity index (χ1n) is 17.7. The van der Waals surface area contributed by atoms with Crippen LogP contribution < -0.4 is 20.7 Å². The average molecular weight is 672 g/mol. The van der Waals surface area contributed by atoms with Gasteiger partial charge in [0.25, 0.3) is 11.5 Å². The number of aromatic nitrogens is 1. The average Bonchev–Trinajstić information content (AvgIpc) is 3.27. The Bertz CT molecular complexity index is 1820. The van der Waals surface area contributed by atoms with Gasteiger partial charge < -0.3 is 29.7 Å². The van der Waals surface area contributed by atoms with Crippen LogP contribution in [-0.2, 0) is 21.5 Å². The molecule has 49 heavy (non-hydrogen) atoms. The fraction of sp³-hybridized carbons (Fsp3) is 0.513.